The summed E-state index contributed by atoms with van der Waals surface area (Å²) in [5.41, 5.74) is 8.70. The van der Waals surface area contributed by atoms with E-state index in [0.717, 1.165) is 22.6 Å². The van der Waals surface area contributed by atoms with Crippen LogP contribution < -0.4 is 10.5 Å². The molecule has 28 heavy (non-hydrogen) atoms. The Kier molecular flexibility index (Phi) is 6.90. The highest BCUT2D eigenvalue weighted by atomic mass is 32.2. The van der Waals surface area contributed by atoms with E-state index in [2.05, 4.69) is 4.98 Å². The van der Waals surface area contributed by atoms with Crippen LogP contribution in [-0.4, -0.2) is 25.1 Å². The van der Waals surface area contributed by atoms with E-state index in [9.17, 15) is 8.42 Å². The number of ether oxygens (including phenoxy) is 1. The molecular formula is C21H24N2O4S. The Balaban J connectivity index is 0.000000237. The lowest BCUT2D eigenvalue weighted by molar-refractivity contribution is 0.415. The van der Waals surface area contributed by atoms with Gasteiger partial charge in [0.2, 0.25) is 0 Å². The molecule has 0 aliphatic rings. The van der Waals surface area contributed by atoms with Gasteiger partial charge in [-0.1, -0.05) is 24.3 Å². The maximum atomic E-state index is 10.4. The van der Waals surface area contributed by atoms with Crippen molar-refractivity contribution in [3.63, 3.8) is 0 Å². The van der Waals surface area contributed by atoms with Crippen molar-refractivity contribution in [2.45, 2.75) is 24.3 Å². The molecule has 3 rings (SSSR count). The van der Waals surface area contributed by atoms with Gasteiger partial charge < -0.3 is 10.5 Å². The molecule has 3 aromatic rings. The maximum absolute atomic E-state index is 10.4. The highest BCUT2D eigenvalue weighted by Gasteiger charge is 2.14. The molecule has 6 nitrogen and oxygen atoms in total. The molecule has 0 unspecified atom stereocenters. The van der Waals surface area contributed by atoms with E-state index in [1.807, 2.05) is 56.4 Å². The summed E-state index contributed by atoms with van der Waals surface area (Å²) < 4.78 is 34.4. The lowest BCUT2D eigenvalue weighted by Crippen LogP contribution is -2.28. The number of pyridine rings is 1. The van der Waals surface area contributed by atoms with Crippen LogP contribution in [0.2, 0.25) is 0 Å². The molecule has 0 radical (unpaired) electrons. The fourth-order valence-electron chi connectivity index (χ4n) is 2.30. The van der Waals surface area contributed by atoms with Gasteiger partial charge in [0, 0.05) is 17.3 Å². The zero-order valence-electron chi connectivity index (χ0n) is 16.0. The molecule has 1 heterocycles. The number of hydrogen-bond donors (Lipinski definition) is 2. The lowest BCUT2D eigenvalue weighted by atomic mass is 9.97. The summed E-state index contributed by atoms with van der Waals surface area (Å²) in [6, 6.07) is 19.3. The monoisotopic (exact) mass is 400 g/mol. The summed E-state index contributed by atoms with van der Waals surface area (Å²) in [6.07, 6.45) is 1.83. The second-order valence-corrected chi connectivity index (χ2v) is 8.09. The number of nitrogens with zero attached hydrogens (tertiary/aromatic N) is 1. The maximum Gasteiger partial charge on any atom is 0.294 e. The minimum atomic E-state index is -4.00. The van der Waals surface area contributed by atoms with Gasteiger partial charge in [0.05, 0.1) is 17.7 Å². The fourth-order valence-corrected chi connectivity index (χ4v) is 2.80. The highest BCUT2D eigenvalue weighted by Crippen LogP contribution is 2.23. The Bertz CT molecular complexity index is 979. The van der Waals surface area contributed by atoms with E-state index >= 15 is 0 Å². The van der Waals surface area contributed by atoms with Gasteiger partial charge in [0.25, 0.3) is 10.1 Å². The normalized spacial score (nSPS) is 11.3. The van der Waals surface area contributed by atoms with Crippen LogP contribution in [0.3, 0.4) is 0 Å². The number of nitrogens with two attached hydrogens (primary N) is 1. The first kappa shape index (κ1) is 21.6. The number of benzene rings is 2. The van der Waals surface area contributed by atoms with Crippen molar-refractivity contribution in [1.29, 1.82) is 0 Å². The summed E-state index contributed by atoms with van der Waals surface area (Å²) in [6.45, 7) is 3.94. The van der Waals surface area contributed by atoms with E-state index in [-0.39, 0.29) is 10.4 Å². The van der Waals surface area contributed by atoms with Crippen LogP contribution in [0.1, 0.15) is 19.4 Å². The molecule has 7 heteroatoms. The van der Waals surface area contributed by atoms with Crippen molar-refractivity contribution in [1.82, 2.24) is 4.98 Å². The molecule has 0 saturated heterocycles. The molecule has 0 bridgehead atoms. The van der Waals surface area contributed by atoms with Crippen LogP contribution in [0.4, 0.5) is 0 Å². The predicted molar refractivity (Wildman–Crippen MR) is 110 cm³/mol. The predicted octanol–water partition coefficient (Wildman–Crippen LogP) is 3.88. The van der Waals surface area contributed by atoms with Gasteiger partial charge >= 0.3 is 0 Å². The van der Waals surface area contributed by atoms with Crippen LogP contribution in [-0.2, 0) is 15.7 Å². The number of aromatic nitrogens is 1. The van der Waals surface area contributed by atoms with Gasteiger partial charge in [-0.25, -0.2) is 0 Å². The summed E-state index contributed by atoms with van der Waals surface area (Å²) in [7, 11) is -2.34. The van der Waals surface area contributed by atoms with Gasteiger partial charge in [-0.3, -0.25) is 9.54 Å². The van der Waals surface area contributed by atoms with Crippen LogP contribution in [0.15, 0.2) is 77.8 Å². The third kappa shape index (κ3) is 6.16. The molecule has 0 aliphatic carbocycles. The topological polar surface area (TPSA) is 103 Å². The number of hydrogen-bond acceptors (Lipinski definition) is 5. The van der Waals surface area contributed by atoms with Gasteiger partial charge in [-0.05, 0) is 61.9 Å². The minimum Gasteiger partial charge on any atom is -0.497 e. The standard InChI is InChI=1S/C15H18N2O.C6H6O3S/c1-15(2,16)12-6-9-14(17-10-12)11-4-7-13(18-3)8-5-11;7-10(8,9)6-4-2-1-3-5-6/h4-10H,16H2,1-3H3;1-5H,(H,7,8,9). The Hall–Kier alpha value is -2.74. The Labute approximate surface area is 165 Å². The molecule has 1 aromatic heterocycles. The molecule has 0 aliphatic heterocycles. The molecule has 0 spiro atoms. The molecular weight excluding hydrogens is 376 g/mol. The number of methoxy groups -OCH3 is 1. The Morgan fingerprint density at radius 3 is 1.96 bits per heavy atom. The molecule has 3 N–H and O–H groups in total. The molecule has 0 fully saturated rings. The largest absolute Gasteiger partial charge is 0.497 e. The van der Waals surface area contributed by atoms with E-state index in [1.165, 1.54) is 12.1 Å². The van der Waals surface area contributed by atoms with Crippen molar-refractivity contribution in [2.75, 3.05) is 7.11 Å². The second kappa shape index (κ2) is 8.97. The van der Waals surface area contributed by atoms with Crippen LogP contribution in [0.25, 0.3) is 11.3 Å². The highest BCUT2D eigenvalue weighted by molar-refractivity contribution is 7.85. The Morgan fingerprint density at radius 2 is 1.57 bits per heavy atom. The number of rotatable bonds is 4. The zero-order valence-corrected chi connectivity index (χ0v) is 16.8. The van der Waals surface area contributed by atoms with Crippen molar-refractivity contribution < 1.29 is 17.7 Å². The summed E-state index contributed by atoms with van der Waals surface area (Å²) in [5.74, 6) is 0.846. The SMILES string of the molecule is COc1ccc(-c2ccc(C(C)(C)N)cn2)cc1.O=S(=O)(O)c1ccccc1. The molecule has 0 atom stereocenters. The van der Waals surface area contributed by atoms with Crippen LogP contribution in [0.5, 0.6) is 5.75 Å². The second-order valence-electron chi connectivity index (χ2n) is 6.67. The zero-order chi connectivity index (χ0) is 20.8. The van der Waals surface area contributed by atoms with Crippen molar-refractivity contribution in [3.8, 4) is 17.0 Å². The first-order valence-electron chi connectivity index (χ1n) is 8.53. The summed E-state index contributed by atoms with van der Waals surface area (Å²) >= 11 is 0. The van der Waals surface area contributed by atoms with E-state index in [0.29, 0.717) is 0 Å². The van der Waals surface area contributed by atoms with Gasteiger partial charge in [0.15, 0.2) is 0 Å². The van der Waals surface area contributed by atoms with E-state index in [4.69, 9.17) is 15.0 Å². The van der Waals surface area contributed by atoms with Gasteiger partial charge in [-0.15, -0.1) is 0 Å². The summed E-state index contributed by atoms with van der Waals surface area (Å²) in [4.78, 5) is 4.38. The average molecular weight is 401 g/mol. The van der Waals surface area contributed by atoms with Crippen LogP contribution >= 0.6 is 0 Å². The van der Waals surface area contributed by atoms with Crippen LogP contribution in [0, 0.1) is 0 Å². The molecule has 148 valence electrons. The van der Waals surface area contributed by atoms with E-state index < -0.39 is 10.1 Å². The molecule has 0 saturated carbocycles. The quantitative estimate of drug-likeness (QED) is 0.644. The minimum absolute atomic E-state index is 0.0741. The first-order chi connectivity index (χ1) is 13.1. The average Bonchev–Trinajstić information content (AvgIpc) is 2.68. The molecule has 0 amide bonds. The van der Waals surface area contributed by atoms with Crippen molar-refractivity contribution in [2.24, 2.45) is 5.73 Å². The smallest absolute Gasteiger partial charge is 0.294 e. The fraction of sp³-hybridized carbons (Fsp3) is 0.190. The summed E-state index contributed by atoms with van der Waals surface area (Å²) in [5, 5.41) is 0. The molecule has 2 aromatic carbocycles. The lowest BCUT2D eigenvalue weighted by Gasteiger charge is -2.18. The van der Waals surface area contributed by atoms with Crippen molar-refractivity contribution >= 4 is 10.1 Å². The van der Waals surface area contributed by atoms with E-state index in [1.54, 1.807) is 25.3 Å². The van der Waals surface area contributed by atoms with Crippen molar-refractivity contribution in [3.05, 3.63) is 78.5 Å². The van der Waals surface area contributed by atoms with Gasteiger partial charge in [0.1, 0.15) is 5.75 Å². The first-order valence-corrected chi connectivity index (χ1v) is 9.97. The Morgan fingerprint density at radius 1 is 0.964 bits per heavy atom. The third-order valence-electron chi connectivity index (χ3n) is 3.93. The van der Waals surface area contributed by atoms with Gasteiger partial charge in [-0.2, -0.15) is 8.42 Å². The third-order valence-corrected chi connectivity index (χ3v) is 4.80.